The van der Waals surface area contributed by atoms with Gasteiger partial charge in [0.05, 0.1) is 0 Å². The summed E-state index contributed by atoms with van der Waals surface area (Å²) in [4.78, 5) is 8.62. The average Bonchev–Trinajstić information content (AvgIpc) is 2.04. The van der Waals surface area contributed by atoms with E-state index < -0.39 is 0 Å². The highest BCUT2D eigenvalue weighted by atomic mass is 35.5. The van der Waals surface area contributed by atoms with E-state index in [-0.39, 0.29) is 0 Å². The zero-order valence-electron chi connectivity index (χ0n) is 7.47. The summed E-state index contributed by atoms with van der Waals surface area (Å²) in [5.41, 5.74) is 2.13. The van der Waals surface area contributed by atoms with E-state index in [1.54, 1.807) is 0 Å². The molecular formula is C9H13ClN2. The summed E-state index contributed by atoms with van der Waals surface area (Å²) in [7, 11) is 0. The fourth-order valence-corrected chi connectivity index (χ4v) is 1.25. The van der Waals surface area contributed by atoms with Gasteiger partial charge in [0.2, 0.25) is 0 Å². The Morgan fingerprint density at radius 3 is 2.75 bits per heavy atom. The maximum atomic E-state index is 5.60. The predicted molar refractivity (Wildman–Crippen MR) is 50.6 cm³/mol. The molecule has 1 aromatic rings. The van der Waals surface area contributed by atoms with Gasteiger partial charge in [-0.25, -0.2) is 9.97 Å². The SMILES string of the molecule is CCc1cc(C)nc(CCCl)n1. The quantitative estimate of drug-likeness (QED) is 0.673. The zero-order chi connectivity index (χ0) is 8.97. The van der Waals surface area contributed by atoms with Crippen molar-refractivity contribution in [2.24, 2.45) is 0 Å². The van der Waals surface area contributed by atoms with E-state index in [9.17, 15) is 0 Å². The van der Waals surface area contributed by atoms with Gasteiger partial charge >= 0.3 is 0 Å². The van der Waals surface area contributed by atoms with Crippen molar-refractivity contribution in [2.45, 2.75) is 26.7 Å². The van der Waals surface area contributed by atoms with Crippen LogP contribution in [0.5, 0.6) is 0 Å². The molecule has 12 heavy (non-hydrogen) atoms. The van der Waals surface area contributed by atoms with Crippen molar-refractivity contribution in [3.8, 4) is 0 Å². The Hall–Kier alpha value is -0.630. The third-order valence-electron chi connectivity index (χ3n) is 1.63. The van der Waals surface area contributed by atoms with Gasteiger partial charge in [-0.3, -0.25) is 0 Å². The van der Waals surface area contributed by atoms with Gasteiger partial charge in [0, 0.05) is 23.7 Å². The molecule has 0 radical (unpaired) electrons. The fourth-order valence-electron chi connectivity index (χ4n) is 1.08. The molecule has 2 nitrogen and oxygen atoms in total. The number of nitrogens with zero attached hydrogens (tertiary/aromatic N) is 2. The minimum absolute atomic E-state index is 0.590. The molecular weight excluding hydrogens is 172 g/mol. The highest BCUT2D eigenvalue weighted by molar-refractivity contribution is 6.17. The maximum Gasteiger partial charge on any atom is 0.130 e. The highest BCUT2D eigenvalue weighted by Crippen LogP contribution is 2.02. The van der Waals surface area contributed by atoms with Gasteiger partial charge in [0.15, 0.2) is 0 Å². The summed E-state index contributed by atoms with van der Waals surface area (Å²) in [6.07, 6.45) is 1.72. The Kier molecular flexibility index (Phi) is 3.48. The highest BCUT2D eigenvalue weighted by Gasteiger charge is 1.99. The van der Waals surface area contributed by atoms with Crippen LogP contribution < -0.4 is 0 Å². The number of aryl methyl sites for hydroxylation is 3. The summed E-state index contributed by atoms with van der Waals surface area (Å²) in [5, 5.41) is 0. The normalized spacial score (nSPS) is 10.2. The van der Waals surface area contributed by atoms with E-state index in [4.69, 9.17) is 11.6 Å². The molecule has 0 saturated heterocycles. The standard InChI is InChI=1S/C9H13ClN2/c1-3-8-6-7(2)11-9(12-8)4-5-10/h6H,3-5H2,1-2H3. The maximum absolute atomic E-state index is 5.60. The van der Waals surface area contributed by atoms with Crippen molar-refractivity contribution in [1.29, 1.82) is 0 Å². The molecule has 66 valence electrons. The Morgan fingerprint density at radius 1 is 1.42 bits per heavy atom. The summed E-state index contributed by atoms with van der Waals surface area (Å²) in [6, 6.07) is 2.01. The predicted octanol–water partition coefficient (Wildman–Crippen LogP) is 2.13. The van der Waals surface area contributed by atoms with E-state index in [1.807, 2.05) is 13.0 Å². The van der Waals surface area contributed by atoms with Crippen molar-refractivity contribution in [3.63, 3.8) is 0 Å². The Morgan fingerprint density at radius 2 is 2.17 bits per heavy atom. The number of alkyl halides is 1. The van der Waals surface area contributed by atoms with Crippen LogP contribution in [0.1, 0.15) is 24.1 Å². The first-order valence-corrected chi connectivity index (χ1v) is 4.69. The minimum Gasteiger partial charge on any atom is -0.238 e. The molecule has 0 amide bonds. The van der Waals surface area contributed by atoms with Gasteiger partial charge in [-0.15, -0.1) is 11.6 Å². The summed E-state index contributed by atoms with van der Waals surface area (Å²) in [5.74, 6) is 1.45. The number of halogens is 1. The van der Waals surface area contributed by atoms with Crippen LogP contribution in [0.25, 0.3) is 0 Å². The molecule has 0 N–H and O–H groups in total. The average molecular weight is 185 g/mol. The molecule has 0 fully saturated rings. The molecule has 1 rings (SSSR count). The lowest BCUT2D eigenvalue weighted by molar-refractivity contribution is 0.872. The summed E-state index contributed by atoms with van der Waals surface area (Å²) >= 11 is 5.60. The topological polar surface area (TPSA) is 25.8 Å². The van der Waals surface area contributed by atoms with Crippen LogP contribution in [-0.4, -0.2) is 15.8 Å². The van der Waals surface area contributed by atoms with E-state index in [0.717, 1.165) is 30.1 Å². The first-order valence-electron chi connectivity index (χ1n) is 4.15. The Balaban J connectivity index is 2.90. The van der Waals surface area contributed by atoms with Gasteiger partial charge in [0.1, 0.15) is 5.82 Å². The fraction of sp³-hybridized carbons (Fsp3) is 0.556. The molecule has 0 aliphatic rings. The number of hydrogen-bond donors (Lipinski definition) is 0. The number of aromatic nitrogens is 2. The van der Waals surface area contributed by atoms with Crippen molar-refractivity contribution < 1.29 is 0 Å². The first-order chi connectivity index (χ1) is 5.76. The molecule has 0 bridgehead atoms. The second-order valence-corrected chi connectivity index (χ2v) is 3.09. The van der Waals surface area contributed by atoms with Crippen LogP contribution in [0, 0.1) is 6.92 Å². The lowest BCUT2D eigenvalue weighted by atomic mass is 10.2. The largest absolute Gasteiger partial charge is 0.238 e. The van der Waals surface area contributed by atoms with E-state index >= 15 is 0 Å². The summed E-state index contributed by atoms with van der Waals surface area (Å²) < 4.78 is 0. The van der Waals surface area contributed by atoms with Gasteiger partial charge in [-0.2, -0.15) is 0 Å². The number of rotatable bonds is 3. The molecule has 0 spiro atoms. The second kappa shape index (κ2) is 4.41. The molecule has 3 heteroatoms. The van der Waals surface area contributed by atoms with Crippen LogP contribution in [-0.2, 0) is 12.8 Å². The number of hydrogen-bond acceptors (Lipinski definition) is 2. The molecule has 0 unspecified atom stereocenters. The van der Waals surface area contributed by atoms with Gasteiger partial charge in [-0.05, 0) is 19.4 Å². The van der Waals surface area contributed by atoms with Gasteiger partial charge in [-0.1, -0.05) is 6.92 Å². The molecule has 0 atom stereocenters. The lowest BCUT2D eigenvalue weighted by Gasteiger charge is -2.01. The van der Waals surface area contributed by atoms with Crippen molar-refractivity contribution in [1.82, 2.24) is 9.97 Å². The van der Waals surface area contributed by atoms with Crippen LogP contribution in [0.2, 0.25) is 0 Å². The van der Waals surface area contributed by atoms with Gasteiger partial charge in [0.25, 0.3) is 0 Å². The van der Waals surface area contributed by atoms with Crippen LogP contribution in [0.15, 0.2) is 6.07 Å². The molecule has 1 heterocycles. The smallest absolute Gasteiger partial charge is 0.130 e. The zero-order valence-corrected chi connectivity index (χ0v) is 8.23. The van der Waals surface area contributed by atoms with E-state index in [1.165, 1.54) is 0 Å². The first kappa shape index (κ1) is 9.46. The third-order valence-corrected chi connectivity index (χ3v) is 1.82. The van der Waals surface area contributed by atoms with Crippen molar-refractivity contribution >= 4 is 11.6 Å². The third kappa shape index (κ3) is 2.45. The monoisotopic (exact) mass is 184 g/mol. The molecule has 0 aliphatic heterocycles. The van der Waals surface area contributed by atoms with Gasteiger partial charge < -0.3 is 0 Å². The minimum atomic E-state index is 0.590. The Bertz CT molecular complexity index is 261. The Labute approximate surface area is 78.0 Å². The molecule has 0 aliphatic carbocycles. The molecule has 1 aromatic heterocycles. The van der Waals surface area contributed by atoms with E-state index in [2.05, 4.69) is 16.9 Å². The van der Waals surface area contributed by atoms with Crippen LogP contribution >= 0.6 is 11.6 Å². The van der Waals surface area contributed by atoms with Crippen LogP contribution in [0.4, 0.5) is 0 Å². The second-order valence-electron chi connectivity index (χ2n) is 2.71. The molecule has 0 aromatic carbocycles. The van der Waals surface area contributed by atoms with Crippen LogP contribution in [0.3, 0.4) is 0 Å². The van der Waals surface area contributed by atoms with Crippen molar-refractivity contribution in [2.75, 3.05) is 5.88 Å². The molecule has 0 saturated carbocycles. The summed E-state index contributed by atoms with van der Waals surface area (Å²) in [6.45, 7) is 4.07. The van der Waals surface area contributed by atoms with Crippen molar-refractivity contribution in [3.05, 3.63) is 23.3 Å². The lowest BCUT2D eigenvalue weighted by Crippen LogP contribution is -2.01. The van der Waals surface area contributed by atoms with E-state index in [0.29, 0.717) is 5.88 Å².